The van der Waals surface area contributed by atoms with Crippen LogP contribution in [0.25, 0.3) is 0 Å². The van der Waals surface area contributed by atoms with E-state index in [1.165, 1.54) is 0 Å². The molecule has 2 aromatic rings. The Morgan fingerprint density at radius 1 is 0.895 bits per heavy atom. The fraction of sp³-hybridized carbons (Fsp3) is 0.533. The molecule has 38 heavy (non-hydrogen) atoms. The van der Waals surface area contributed by atoms with Crippen LogP contribution in [0.15, 0.2) is 36.4 Å². The number of ether oxygens (including phenoxy) is 1. The minimum absolute atomic E-state index is 0.114. The zero-order chi connectivity index (χ0) is 27.1. The molecule has 8 heteroatoms. The van der Waals surface area contributed by atoms with Gasteiger partial charge in [0.05, 0.1) is 18.8 Å². The molecule has 2 saturated heterocycles. The van der Waals surface area contributed by atoms with E-state index in [1.54, 1.807) is 6.07 Å². The van der Waals surface area contributed by atoms with E-state index in [2.05, 4.69) is 71.6 Å². The van der Waals surface area contributed by atoms with Crippen LogP contribution in [-0.4, -0.2) is 69.3 Å². The molecule has 0 aromatic heterocycles. The van der Waals surface area contributed by atoms with Crippen molar-refractivity contribution in [1.82, 2.24) is 10.2 Å². The van der Waals surface area contributed by atoms with Gasteiger partial charge >= 0.3 is 6.03 Å². The van der Waals surface area contributed by atoms with Gasteiger partial charge in [-0.15, -0.1) is 0 Å². The van der Waals surface area contributed by atoms with Crippen molar-refractivity contribution in [2.24, 2.45) is 0 Å². The Morgan fingerprint density at radius 2 is 1.55 bits per heavy atom. The SMILES string of the molecule is CC(C)c1cccc(C(C)C)c1NC(=O)Nc1ccc(N2CCCC2)c(C(=O)NCCN2CCOCC2)c1. The quantitative estimate of drug-likeness (QED) is 0.420. The smallest absolute Gasteiger partial charge is 0.323 e. The third kappa shape index (κ3) is 7.05. The van der Waals surface area contributed by atoms with Crippen molar-refractivity contribution in [3.63, 3.8) is 0 Å². The summed E-state index contributed by atoms with van der Waals surface area (Å²) in [5.74, 6) is 0.435. The van der Waals surface area contributed by atoms with Gasteiger partial charge in [0.1, 0.15) is 0 Å². The minimum atomic E-state index is -0.312. The number of benzene rings is 2. The van der Waals surface area contributed by atoms with Crippen LogP contribution in [0.5, 0.6) is 0 Å². The van der Waals surface area contributed by atoms with Gasteiger partial charge in [0.15, 0.2) is 0 Å². The molecule has 2 fully saturated rings. The van der Waals surface area contributed by atoms with Gasteiger partial charge in [-0.25, -0.2) is 4.79 Å². The second-order valence-electron chi connectivity index (χ2n) is 10.8. The Kier molecular flexibility index (Phi) is 9.63. The van der Waals surface area contributed by atoms with Crippen LogP contribution in [0, 0.1) is 0 Å². The van der Waals surface area contributed by atoms with E-state index in [-0.39, 0.29) is 23.8 Å². The molecular formula is C30H43N5O3. The molecule has 2 aromatic carbocycles. The number of hydrogen-bond donors (Lipinski definition) is 3. The second-order valence-corrected chi connectivity index (χ2v) is 10.8. The number of nitrogens with one attached hydrogen (secondary N) is 3. The van der Waals surface area contributed by atoms with Gasteiger partial charge in [0.2, 0.25) is 0 Å². The lowest BCUT2D eigenvalue weighted by Crippen LogP contribution is -2.41. The lowest BCUT2D eigenvalue weighted by atomic mass is 9.93. The molecule has 0 aliphatic carbocycles. The van der Waals surface area contributed by atoms with Gasteiger partial charge in [0.25, 0.3) is 5.91 Å². The lowest BCUT2D eigenvalue weighted by Gasteiger charge is -2.26. The van der Waals surface area contributed by atoms with Crippen molar-refractivity contribution in [2.45, 2.75) is 52.4 Å². The molecule has 0 atom stereocenters. The topological polar surface area (TPSA) is 85.9 Å². The maximum Gasteiger partial charge on any atom is 0.323 e. The molecule has 0 bridgehead atoms. The highest BCUT2D eigenvalue weighted by Gasteiger charge is 2.22. The molecule has 2 heterocycles. The molecule has 4 rings (SSSR count). The molecular weight excluding hydrogens is 478 g/mol. The van der Waals surface area contributed by atoms with Gasteiger partial charge in [-0.3, -0.25) is 9.69 Å². The van der Waals surface area contributed by atoms with E-state index < -0.39 is 0 Å². The van der Waals surface area contributed by atoms with Crippen LogP contribution < -0.4 is 20.9 Å². The second kappa shape index (κ2) is 13.1. The van der Waals surface area contributed by atoms with Gasteiger partial charge in [-0.2, -0.15) is 0 Å². The summed E-state index contributed by atoms with van der Waals surface area (Å²) in [6.07, 6.45) is 2.24. The first-order chi connectivity index (χ1) is 18.3. The number of anilines is 3. The minimum Gasteiger partial charge on any atom is -0.379 e. The summed E-state index contributed by atoms with van der Waals surface area (Å²) in [7, 11) is 0. The Bertz CT molecular complexity index is 1080. The van der Waals surface area contributed by atoms with Crippen molar-refractivity contribution >= 4 is 29.0 Å². The van der Waals surface area contributed by atoms with Crippen LogP contribution in [0.2, 0.25) is 0 Å². The van der Waals surface area contributed by atoms with E-state index in [0.29, 0.717) is 17.8 Å². The van der Waals surface area contributed by atoms with E-state index >= 15 is 0 Å². The van der Waals surface area contributed by atoms with Crippen molar-refractivity contribution in [1.29, 1.82) is 0 Å². The van der Waals surface area contributed by atoms with Crippen molar-refractivity contribution in [2.75, 3.05) is 68.0 Å². The van der Waals surface area contributed by atoms with Gasteiger partial charge in [-0.1, -0.05) is 45.9 Å². The number of nitrogens with zero attached hydrogens (tertiary/aromatic N) is 2. The highest BCUT2D eigenvalue weighted by atomic mass is 16.5. The largest absolute Gasteiger partial charge is 0.379 e. The monoisotopic (exact) mass is 521 g/mol. The van der Waals surface area contributed by atoms with Crippen molar-refractivity contribution in [3.05, 3.63) is 53.1 Å². The zero-order valence-electron chi connectivity index (χ0n) is 23.3. The number of morpholine rings is 1. The van der Waals surface area contributed by atoms with Crippen LogP contribution in [0.3, 0.4) is 0 Å². The Labute approximate surface area is 227 Å². The van der Waals surface area contributed by atoms with E-state index in [4.69, 9.17) is 4.74 Å². The maximum absolute atomic E-state index is 13.3. The summed E-state index contributed by atoms with van der Waals surface area (Å²) in [6, 6.07) is 11.5. The van der Waals surface area contributed by atoms with Crippen LogP contribution in [0.1, 0.15) is 73.9 Å². The summed E-state index contributed by atoms with van der Waals surface area (Å²) in [4.78, 5) is 31.0. The molecule has 3 amide bonds. The summed E-state index contributed by atoms with van der Waals surface area (Å²) in [6.45, 7) is 15.0. The maximum atomic E-state index is 13.3. The molecule has 8 nitrogen and oxygen atoms in total. The first-order valence-corrected chi connectivity index (χ1v) is 14.0. The molecule has 3 N–H and O–H groups in total. The molecule has 2 aliphatic heterocycles. The zero-order valence-corrected chi connectivity index (χ0v) is 23.3. The Balaban J connectivity index is 1.49. The van der Waals surface area contributed by atoms with Gasteiger partial charge in [-0.05, 0) is 54.0 Å². The number of rotatable bonds is 9. The number of amides is 3. The fourth-order valence-electron chi connectivity index (χ4n) is 5.25. The Hall–Kier alpha value is -3.10. The first-order valence-electron chi connectivity index (χ1n) is 14.0. The fourth-order valence-corrected chi connectivity index (χ4v) is 5.25. The molecule has 0 saturated carbocycles. The normalized spacial score (nSPS) is 16.2. The highest BCUT2D eigenvalue weighted by molar-refractivity contribution is 6.04. The molecule has 0 radical (unpaired) electrons. The van der Waals surface area contributed by atoms with Crippen molar-refractivity contribution < 1.29 is 14.3 Å². The molecule has 0 spiro atoms. The standard InChI is InChI=1S/C30H43N5O3/c1-21(2)24-8-7-9-25(22(3)4)28(24)33-30(37)32-23-10-11-27(35-13-5-6-14-35)26(20-23)29(36)31-12-15-34-16-18-38-19-17-34/h7-11,20-22H,5-6,12-19H2,1-4H3,(H,31,36)(H2,32,33,37). The predicted octanol–water partition coefficient (Wildman–Crippen LogP) is 5.24. The third-order valence-corrected chi connectivity index (χ3v) is 7.37. The average molecular weight is 522 g/mol. The Morgan fingerprint density at radius 3 is 2.18 bits per heavy atom. The van der Waals surface area contributed by atoms with E-state index in [0.717, 1.165) is 81.3 Å². The number of urea groups is 1. The molecule has 0 unspecified atom stereocenters. The van der Waals surface area contributed by atoms with Gasteiger partial charge < -0.3 is 25.6 Å². The van der Waals surface area contributed by atoms with E-state index in [9.17, 15) is 9.59 Å². The van der Waals surface area contributed by atoms with Crippen LogP contribution in [-0.2, 0) is 4.74 Å². The van der Waals surface area contributed by atoms with Crippen LogP contribution in [0.4, 0.5) is 21.9 Å². The van der Waals surface area contributed by atoms with Crippen LogP contribution >= 0.6 is 0 Å². The molecule has 206 valence electrons. The lowest BCUT2D eigenvalue weighted by molar-refractivity contribution is 0.0383. The average Bonchev–Trinajstić information content (AvgIpc) is 3.44. The molecule has 2 aliphatic rings. The summed E-state index contributed by atoms with van der Waals surface area (Å²) >= 11 is 0. The van der Waals surface area contributed by atoms with Crippen molar-refractivity contribution in [3.8, 4) is 0 Å². The summed E-state index contributed by atoms with van der Waals surface area (Å²) < 4.78 is 5.41. The first kappa shape index (κ1) is 27.9. The highest BCUT2D eigenvalue weighted by Crippen LogP contribution is 2.33. The number of carbonyl (C=O) groups is 2. The number of hydrogen-bond acceptors (Lipinski definition) is 5. The van der Waals surface area contributed by atoms with E-state index in [1.807, 2.05) is 12.1 Å². The number of carbonyl (C=O) groups excluding carboxylic acids is 2. The third-order valence-electron chi connectivity index (χ3n) is 7.37. The summed E-state index contributed by atoms with van der Waals surface area (Å²) in [5, 5.41) is 9.17. The number of para-hydroxylation sites is 1. The van der Waals surface area contributed by atoms with Gasteiger partial charge in [0, 0.05) is 56.3 Å². The summed E-state index contributed by atoms with van der Waals surface area (Å²) in [5.41, 5.74) is 5.19. The predicted molar refractivity (Wildman–Crippen MR) is 155 cm³/mol.